The lowest BCUT2D eigenvalue weighted by Gasteiger charge is -2.17. The van der Waals surface area contributed by atoms with Crippen molar-refractivity contribution in [3.05, 3.63) is 23.6 Å². The topological polar surface area (TPSA) is 34.2 Å². The van der Waals surface area contributed by atoms with Gasteiger partial charge in [-0.1, -0.05) is 20.8 Å². The number of pyridine rings is 1. The number of hydrogen-bond acceptors (Lipinski definition) is 3. The molecule has 0 radical (unpaired) electrons. The highest BCUT2D eigenvalue weighted by Crippen LogP contribution is 2.20. The van der Waals surface area contributed by atoms with Gasteiger partial charge in [-0.3, -0.25) is 0 Å². The lowest BCUT2D eigenvalue weighted by Crippen LogP contribution is -2.18. The monoisotopic (exact) mass is 254 g/mol. The van der Waals surface area contributed by atoms with Crippen LogP contribution in [-0.4, -0.2) is 17.6 Å². The smallest absolute Gasteiger partial charge is 0.250 e. The number of hydrogen-bond donors (Lipinski definition) is 1. The molecular weight excluding hydrogens is 231 g/mol. The Labute approximate surface area is 109 Å². The van der Waals surface area contributed by atoms with Crippen LogP contribution in [0.15, 0.2) is 12.3 Å². The Morgan fingerprint density at radius 3 is 2.72 bits per heavy atom. The van der Waals surface area contributed by atoms with E-state index in [-0.39, 0.29) is 17.8 Å². The van der Waals surface area contributed by atoms with Crippen molar-refractivity contribution in [3.8, 4) is 5.88 Å². The summed E-state index contributed by atoms with van der Waals surface area (Å²) in [5.74, 6) is 0.278. The first-order chi connectivity index (χ1) is 8.54. The van der Waals surface area contributed by atoms with Gasteiger partial charge in [-0.2, -0.15) is 0 Å². The van der Waals surface area contributed by atoms with Crippen LogP contribution in [-0.2, 0) is 6.54 Å². The average molecular weight is 254 g/mol. The molecule has 0 saturated heterocycles. The summed E-state index contributed by atoms with van der Waals surface area (Å²) in [6, 6.07) is 1.68. The summed E-state index contributed by atoms with van der Waals surface area (Å²) >= 11 is 0. The van der Waals surface area contributed by atoms with Crippen molar-refractivity contribution in [3.63, 3.8) is 0 Å². The second-order valence-corrected chi connectivity index (χ2v) is 4.93. The standard InChI is InChI=1S/C14H23FN2O/c1-5-16-9-12-6-7-17-14(13(12)15)18-11(4)8-10(2)3/h6-7,10-11,16H,5,8-9H2,1-4H3. The van der Waals surface area contributed by atoms with Crippen LogP contribution in [0, 0.1) is 11.7 Å². The molecule has 102 valence electrons. The SMILES string of the molecule is CCNCc1ccnc(OC(C)CC(C)C)c1F. The molecule has 0 aliphatic heterocycles. The van der Waals surface area contributed by atoms with Gasteiger partial charge in [0.2, 0.25) is 0 Å². The van der Waals surface area contributed by atoms with Crippen LogP contribution in [0.25, 0.3) is 0 Å². The second kappa shape index (κ2) is 7.31. The minimum atomic E-state index is -0.353. The van der Waals surface area contributed by atoms with Crippen LogP contribution in [0.4, 0.5) is 4.39 Å². The Morgan fingerprint density at radius 1 is 1.39 bits per heavy atom. The number of aromatic nitrogens is 1. The third kappa shape index (κ3) is 4.61. The van der Waals surface area contributed by atoms with Gasteiger partial charge in [0.1, 0.15) is 0 Å². The van der Waals surface area contributed by atoms with Gasteiger partial charge in [0.25, 0.3) is 5.88 Å². The van der Waals surface area contributed by atoms with Gasteiger partial charge in [0.15, 0.2) is 5.82 Å². The molecule has 0 aromatic carbocycles. The molecule has 4 heteroatoms. The predicted molar refractivity (Wildman–Crippen MR) is 71.1 cm³/mol. The zero-order chi connectivity index (χ0) is 13.5. The van der Waals surface area contributed by atoms with Crippen LogP contribution in [0.1, 0.15) is 39.7 Å². The van der Waals surface area contributed by atoms with E-state index in [1.807, 2.05) is 13.8 Å². The third-order valence-corrected chi connectivity index (χ3v) is 2.62. The highest BCUT2D eigenvalue weighted by atomic mass is 19.1. The van der Waals surface area contributed by atoms with Crippen LogP contribution in [0.2, 0.25) is 0 Å². The van der Waals surface area contributed by atoms with Crippen molar-refractivity contribution in [2.75, 3.05) is 6.54 Å². The summed E-state index contributed by atoms with van der Waals surface area (Å²) in [5.41, 5.74) is 0.596. The van der Waals surface area contributed by atoms with E-state index in [1.165, 1.54) is 0 Å². The molecule has 0 saturated carbocycles. The second-order valence-electron chi connectivity index (χ2n) is 4.93. The van der Waals surface area contributed by atoms with Crippen LogP contribution in [0.5, 0.6) is 5.88 Å². The predicted octanol–water partition coefficient (Wildman–Crippen LogP) is 3.14. The molecule has 0 bridgehead atoms. The summed E-state index contributed by atoms with van der Waals surface area (Å²) in [6.07, 6.45) is 2.45. The van der Waals surface area contributed by atoms with E-state index in [9.17, 15) is 4.39 Å². The normalized spacial score (nSPS) is 12.8. The van der Waals surface area contributed by atoms with Gasteiger partial charge in [-0.15, -0.1) is 0 Å². The summed E-state index contributed by atoms with van der Waals surface area (Å²) in [4.78, 5) is 3.97. The lowest BCUT2D eigenvalue weighted by atomic mass is 10.1. The number of nitrogens with zero attached hydrogens (tertiary/aromatic N) is 1. The Hall–Kier alpha value is -1.16. The molecular formula is C14H23FN2O. The Balaban J connectivity index is 2.70. The first-order valence-corrected chi connectivity index (χ1v) is 6.55. The fourth-order valence-corrected chi connectivity index (χ4v) is 1.84. The zero-order valence-electron chi connectivity index (χ0n) is 11.7. The maximum absolute atomic E-state index is 14.1. The molecule has 1 heterocycles. The van der Waals surface area contributed by atoms with E-state index >= 15 is 0 Å². The summed E-state index contributed by atoms with van der Waals surface area (Å²) in [6.45, 7) is 9.47. The molecule has 0 amide bonds. The van der Waals surface area contributed by atoms with Crippen molar-refractivity contribution in [1.29, 1.82) is 0 Å². The molecule has 18 heavy (non-hydrogen) atoms. The number of nitrogens with one attached hydrogen (secondary N) is 1. The molecule has 0 fully saturated rings. The molecule has 1 aromatic rings. The van der Waals surface area contributed by atoms with Crippen molar-refractivity contribution >= 4 is 0 Å². The van der Waals surface area contributed by atoms with E-state index in [2.05, 4.69) is 24.1 Å². The largest absolute Gasteiger partial charge is 0.473 e. The Kier molecular flexibility index (Phi) is 6.05. The van der Waals surface area contributed by atoms with Crippen molar-refractivity contribution in [2.45, 2.75) is 46.8 Å². The molecule has 1 atom stereocenters. The molecule has 0 aliphatic rings. The minimum absolute atomic E-state index is 0.0265. The number of rotatable bonds is 7. The van der Waals surface area contributed by atoms with Crippen LogP contribution < -0.4 is 10.1 Å². The molecule has 0 aliphatic carbocycles. The van der Waals surface area contributed by atoms with Gasteiger partial charge < -0.3 is 10.1 Å². The highest BCUT2D eigenvalue weighted by Gasteiger charge is 2.14. The summed E-state index contributed by atoms with van der Waals surface area (Å²) < 4.78 is 19.6. The first-order valence-electron chi connectivity index (χ1n) is 6.55. The van der Waals surface area contributed by atoms with Crippen molar-refractivity contribution in [1.82, 2.24) is 10.3 Å². The fourth-order valence-electron chi connectivity index (χ4n) is 1.84. The Bertz CT molecular complexity index is 369. The maximum atomic E-state index is 14.1. The number of halogens is 1. The molecule has 3 nitrogen and oxygen atoms in total. The van der Waals surface area contributed by atoms with E-state index in [0.29, 0.717) is 18.0 Å². The lowest BCUT2D eigenvalue weighted by molar-refractivity contribution is 0.176. The van der Waals surface area contributed by atoms with E-state index in [4.69, 9.17) is 4.74 Å². The Morgan fingerprint density at radius 2 is 2.11 bits per heavy atom. The van der Waals surface area contributed by atoms with Crippen molar-refractivity contribution in [2.24, 2.45) is 5.92 Å². The molecule has 0 spiro atoms. The van der Waals surface area contributed by atoms with E-state index in [0.717, 1.165) is 13.0 Å². The highest BCUT2D eigenvalue weighted by molar-refractivity contribution is 5.23. The quantitative estimate of drug-likeness (QED) is 0.811. The summed E-state index contributed by atoms with van der Waals surface area (Å²) in [5, 5.41) is 3.09. The van der Waals surface area contributed by atoms with Gasteiger partial charge in [0, 0.05) is 18.3 Å². The van der Waals surface area contributed by atoms with Gasteiger partial charge in [0.05, 0.1) is 6.10 Å². The average Bonchev–Trinajstić information content (AvgIpc) is 2.29. The van der Waals surface area contributed by atoms with Gasteiger partial charge >= 0.3 is 0 Å². The fraction of sp³-hybridized carbons (Fsp3) is 0.643. The summed E-state index contributed by atoms with van der Waals surface area (Å²) in [7, 11) is 0. The number of ether oxygens (including phenoxy) is 1. The molecule has 1 aromatic heterocycles. The minimum Gasteiger partial charge on any atom is -0.473 e. The van der Waals surface area contributed by atoms with Crippen LogP contribution >= 0.6 is 0 Å². The van der Waals surface area contributed by atoms with E-state index < -0.39 is 0 Å². The van der Waals surface area contributed by atoms with E-state index in [1.54, 1.807) is 12.3 Å². The van der Waals surface area contributed by atoms with Gasteiger partial charge in [-0.25, -0.2) is 9.37 Å². The molecule has 1 rings (SSSR count). The first kappa shape index (κ1) is 14.9. The molecule has 1 unspecified atom stereocenters. The zero-order valence-corrected chi connectivity index (χ0v) is 11.7. The molecule has 1 N–H and O–H groups in total. The van der Waals surface area contributed by atoms with Crippen molar-refractivity contribution < 1.29 is 9.13 Å². The third-order valence-electron chi connectivity index (χ3n) is 2.62. The van der Waals surface area contributed by atoms with Crippen LogP contribution in [0.3, 0.4) is 0 Å². The maximum Gasteiger partial charge on any atom is 0.250 e. The van der Waals surface area contributed by atoms with Gasteiger partial charge in [-0.05, 0) is 31.9 Å².